The average Bonchev–Trinajstić information content (AvgIpc) is 2.82. The first-order chi connectivity index (χ1) is 15.9. The maximum Gasteiger partial charge on any atom is 0.356 e. The quantitative estimate of drug-likeness (QED) is 0.431. The third-order valence-corrected chi connectivity index (χ3v) is 5.36. The Kier molecular flexibility index (Phi) is 6.24. The van der Waals surface area contributed by atoms with Gasteiger partial charge in [-0.25, -0.2) is 9.18 Å². The zero-order valence-electron chi connectivity index (χ0n) is 17.5. The molecule has 6 nitrogen and oxygen atoms in total. The van der Waals surface area contributed by atoms with Gasteiger partial charge < -0.3 is 14.6 Å². The summed E-state index contributed by atoms with van der Waals surface area (Å²) in [5, 5.41) is 3.86. The van der Waals surface area contributed by atoms with Gasteiger partial charge in [0.2, 0.25) is 0 Å². The van der Waals surface area contributed by atoms with Gasteiger partial charge in [0.15, 0.2) is 6.61 Å². The van der Waals surface area contributed by atoms with E-state index >= 15 is 0 Å². The van der Waals surface area contributed by atoms with Crippen molar-refractivity contribution >= 4 is 39.9 Å². The predicted molar refractivity (Wildman–Crippen MR) is 125 cm³/mol. The summed E-state index contributed by atoms with van der Waals surface area (Å²) in [7, 11) is 1.46. The predicted octanol–water partition coefficient (Wildman–Crippen LogP) is 4.79. The highest BCUT2D eigenvalue weighted by Crippen LogP contribution is 2.31. The number of amides is 1. The Morgan fingerprint density at radius 1 is 0.970 bits per heavy atom. The van der Waals surface area contributed by atoms with E-state index < -0.39 is 24.3 Å². The van der Waals surface area contributed by atoms with Crippen molar-refractivity contribution in [1.82, 2.24) is 4.57 Å². The first kappa shape index (κ1) is 22.2. The van der Waals surface area contributed by atoms with Crippen LogP contribution in [0.15, 0.2) is 77.6 Å². The van der Waals surface area contributed by atoms with Gasteiger partial charge >= 0.3 is 5.97 Å². The Balaban J connectivity index is 1.71. The highest BCUT2D eigenvalue weighted by atomic mass is 35.5. The van der Waals surface area contributed by atoms with Gasteiger partial charge in [-0.2, -0.15) is 0 Å². The minimum Gasteiger partial charge on any atom is -0.451 e. The van der Waals surface area contributed by atoms with E-state index in [1.165, 1.54) is 29.8 Å². The molecular weight excluding hydrogens is 447 g/mol. The maximum absolute atomic E-state index is 13.8. The Morgan fingerprint density at radius 3 is 2.30 bits per heavy atom. The van der Waals surface area contributed by atoms with E-state index in [-0.39, 0.29) is 16.9 Å². The lowest BCUT2D eigenvalue weighted by Crippen LogP contribution is -2.28. The molecule has 0 bridgehead atoms. The number of pyridine rings is 1. The highest BCUT2D eigenvalue weighted by Gasteiger charge is 2.23. The van der Waals surface area contributed by atoms with Crippen LogP contribution in [0.2, 0.25) is 5.02 Å². The van der Waals surface area contributed by atoms with Crippen LogP contribution in [0.1, 0.15) is 10.5 Å². The second-order valence-corrected chi connectivity index (χ2v) is 7.68. The van der Waals surface area contributed by atoms with Gasteiger partial charge in [0.05, 0.1) is 5.69 Å². The van der Waals surface area contributed by atoms with Crippen LogP contribution in [0.5, 0.6) is 0 Å². The van der Waals surface area contributed by atoms with E-state index in [0.717, 1.165) is 0 Å². The number of aromatic nitrogens is 1. The molecule has 0 fully saturated rings. The molecule has 166 valence electrons. The first-order valence-corrected chi connectivity index (χ1v) is 10.3. The smallest absolute Gasteiger partial charge is 0.356 e. The molecule has 1 aromatic heterocycles. The van der Waals surface area contributed by atoms with Crippen LogP contribution in [-0.2, 0) is 16.6 Å². The highest BCUT2D eigenvalue weighted by molar-refractivity contribution is 6.30. The minimum atomic E-state index is -0.867. The van der Waals surface area contributed by atoms with E-state index in [1.54, 1.807) is 54.6 Å². The molecule has 1 amide bonds. The maximum atomic E-state index is 13.8. The molecule has 0 atom stereocenters. The summed E-state index contributed by atoms with van der Waals surface area (Å²) in [6.07, 6.45) is 0. The number of rotatable bonds is 5. The second kappa shape index (κ2) is 9.26. The molecule has 0 aliphatic heterocycles. The van der Waals surface area contributed by atoms with E-state index in [9.17, 15) is 18.8 Å². The van der Waals surface area contributed by atoms with Gasteiger partial charge in [-0.3, -0.25) is 9.59 Å². The number of anilines is 1. The summed E-state index contributed by atoms with van der Waals surface area (Å²) in [6, 6.07) is 19.4. The van der Waals surface area contributed by atoms with Crippen LogP contribution in [0, 0.1) is 5.82 Å². The molecular formula is C25H18ClFN2O4. The van der Waals surface area contributed by atoms with Gasteiger partial charge in [-0.1, -0.05) is 54.1 Å². The van der Waals surface area contributed by atoms with Crippen molar-refractivity contribution in [2.45, 2.75) is 0 Å². The van der Waals surface area contributed by atoms with Crippen LogP contribution in [0.4, 0.5) is 10.1 Å². The number of para-hydroxylation sites is 1. The van der Waals surface area contributed by atoms with Crippen molar-refractivity contribution in [3.8, 4) is 11.1 Å². The summed E-state index contributed by atoms with van der Waals surface area (Å²) >= 11 is 6.02. The van der Waals surface area contributed by atoms with Gasteiger partial charge in [0.1, 0.15) is 11.5 Å². The topological polar surface area (TPSA) is 77.4 Å². The van der Waals surface area contributed by atoms with Crippen LogP contribution in [-0.4, -0.2) is 23.1 Å². The molecule has 8 heteroatoms. The molecule has 4 rings (SSSR count). The molecule has 33 heavy (non-hydrogen) atoms. The molecule has 0 saturated heterocycles. The third-order valence-electron chi connectivity index (χ3n) is 5.11. The summed E-state index contributed by atoms with van der Waals surface area (Å²) < 4.78 is 20.2. The summed E-state index contributed by atoms with van der Waals surface area (Å²) in [6.45, 7) is -0.658. The van der Waals surface area contributed by atoms with Crippen molar-refractivity contribution < 1.29 is 18.7 Å². The lowest BCUT2D eigenvalue weighted by Gasteiger charge is -2.17. The average molecular weight is 465 g/mol. The van der Waals surface area contributed by atoms with Gasteiger partial charge in [0.25, 0.3) is 11.5 Å². The molecule has 0 spiro atoms. The van der Waals surface area contributed by atoms with E-state index in [4.69, 9.17) is 16.3 Å². The summed E-state index contributed by atoms with van der Waals surface area (Å²) in [4.78, 5) is 38.2. The zero-order chi connectivity index (χ0) is 23.5. The number of ether oxygens (including phenoxy) is 1. The number of carbonyl (C=O) groups excluding carboxylic acids is 2. The Morgan fingerprint density at radius 2 is 1.61 bits per heavy atom. The largest absolute Gasteiger partial charge is 0.451 e. The number of nitrogens with one attached hydrogen (secondary N) is 1. The molecule has 1 heterocycles. The molecule has 3 aromatic carbocycles. The first-order valence-electron chi connectivity index (χ1n) is 9.96. The van der Waals surface area contributed by atoms with Gasteiger partial charge in [-0.05, 0) is 41.3 Å². The SMILES string of the molecule is Cn1c(C(=O)OCC(=O)Nc2ccccc2F)c(-c2ccc(Cl)cc2)c2ccccc2c1=O. The molecule has 0 aliphatic rings. The van der Waals surface area contributed by atoms with E-state index in [2.05, 4.69) is 5.32 Å². The van der Waals surface area contributed by atoms with Crippen LogP contribution in [0.25, 0.3) is 21.9 Å². The molecule has 0 saturated carbocycles. The molecule has 0 radical (unpaired) electrons. The monoisotopic (exact) mass is 464 g/mol. The van der Waals surface area contributed by atoms with E-state index in [1.807, 2.05) is 0 Å². The van der Waals surface area contributed by atoms with Crippen LogP contribution in [0.3, 0.4) is 0 Å². The molecule has 0 unspecified atom stereocenters. The fourth-order valence-corrected chi connectivity index (χ4v) is 3.69. The number of nitrogens with zero attached hydrogens (tertiary/aromatic N) is 1. The fourth-order valence-electron chi connectivity index (χ4n) is 3.56. The number of halogens is 2. The standard InChI is InChI=1S/C25H18ClFN2O4/c1-29-23(25(32)33-14-21(30)28-20-9-5-4-8-19(20)27)22(15-10-12-16(26)13-11-15)17-6-2-3-7-18(17)24(29)31/h2-13H,14H2,1H3,(H,28,30). The number of hydrogen-bond donors (Lipinski definition) is 1. The van der Waals surface area contributed by atoms with Crippen LogP contribution < -0.4 is 10.9 Å². The molecule has 0 aliphatic carbocycles. The lowest BCUT2D eigenvalue weighted by molar-refractivity contribution is -0.119. The number of fused-ring (bicyclic) bond motifs is 1. The van der Waals surface area contributed by atoms with Crippen molar-refractivity contribution in [3.63, 3.8) is 0 Å². The third kappa shape index (κ3) is 4.49. The normalized spacial score (nSPS) is 10.8. The Bertz CT molecular complexity index is 1430. The Labute approximate surface area is 193 Å². The van der Waals surface area contributed by atoms with Gasteiger partial charge in [0, 0.05) is 23.0 Å². The van der Waals surface area contributed by atoms with Gasteiger partial charge in [-0.15, -0.1) is 0 Å². The summed E-state index contributed by atoms with van der Waals surface area (Å²) in [5.41, 5.74) is 0.696. The van der Waals surface area contributed by atoms with Crippen molar-refractivity contribution in [2.24, 2.45) is 7.05 Å². The van der Waals surface area contributed by atoms with Crippen molar-refractivity contribution in [2.75, 3.05) is 11.9 Å². The summed E-state index contributed by atoms with van der Waals surface area (Å²) in [5.74, 6) is -2.19. The number of hydrogen-bond acceptors (Lipinski definition) is 4. The zero-order valence-corrected chi connectivity index (χ0v) is 18.2. The number of benzene rings is 3. The van der Waals surface area contributed by atoms with Crippen LogP contribution >= 0.6 is 11.6 Å². The lowest BCUT2D eigenvalue weighted by atomic mass is 9.97. The van der Waals surface area contributed by atoms with Crippen molar-refractivity contribution in [1.29, 1.82) is 0 Å². The van der Waals surface area contributed by atoms with Crippen molar-refractivity contribution in [3.05, 3.63) is 99.7 Å². The van der Waals surface area contributed by atoms with E-state index in [0.29, 0.717) is 26.9 Å². The number of carbonyl (C=O) groups is 2. The molecule has 4 aromatic rings. The Hall–Kier alpha value is -3.97. The fraction of sp³-hybridized carbons (Fsp3) is 0.0800. The molecule has 1 N–H and O–H groups in total. The minimum absolute atomic E-state index is 0.0142. The number of esters is 1. The second-order valence-electron chi connectivity index (χ2n) is 7.24.